The second-order valence-electron chi connectivity index (χ2n) is 6.61. The number of allylic oxidation sites excluding steroid dienone is 1. The van der Waals surface area contributed by atoms with Crippen molar-refractivity contribution in [2.45, 2.75) is 31.0 Å². The number of nitrogens with one attached hydrogen (secondary N) is 1. The van der Waals surface area contributed by atoms with Crippen LogP contribution in [-0.2, 0) is 19.0 Å². The summed E-state index contributed by atoms with van der Waals surface area (Å²) in [7, 11) is 5.21. The minimum Gasteiger partial charge on any atom is -0.395 e. The molecular formula is C21H34N2O6. The highest BCUT2D eigenvalue weighted by Gasteiger charge is 2.32. The van der Waals surface area contributed by atoms with Gasteiger partial charge in [-0.05, 0) is 13.1 Å². The van der Waals surface area contributed by atoms with Crippen LogP contribution in [-0.4, -0.2) is 87.2 Å². The van der Waals surface area contributed by atoms with Crippen molar-refractivity contribution in [1.29, 1.82) is 0 Å². The molecule has 1 aromatic rings. The number of likely N-dealkylation sites (N-methyl/N-ethyl adjacent to an activating group) is 2. The van der Waals surface area contributed by atoms with Crippen molar-refractivity contribution >= 4 is 6.29 Å². The summed E-state index contributed by atoms with van der Waals surface area (Å²) in [5.74, 6) is 0. The molecule has 1 aliphatic heterocycles. The van der Waals surface area contributed by atoms with Gasteiger partial charge in [0.1, 0.15) is 6.29 Å². The molecule has 0 bridgehead atoms. The third-order valence-corrected chi connectivity index (χ3v) is 4.46. The van der Waals surface area contributed by atoms with Crippen molar-refractivity contribution < 1.29 is 29.2 Å². The monoisotopic (exact) mass is 410 g/mol. The van der Waals surface area contributed by atoms with Gasteiger partial charge >= 0.3 is 0 Å². The number of aldehydes is 1. The highest BCUT2D eigenvalue weighted by molar-refractivity contribution is 5.64. The zero-order valence-electron chi connectivity index (χ0n) is 17.4. The van der Waals surface area contributed by atoms with Crippen LogP contribution in [0.15, 0.2) is 42.6 Å². The molecule has 0 aliphatic carbocycles. The van der Waals surface area contributed by atoms with Crippen molar-refractivity contribution in [3.05, 3.63) is 48.2 Å². The minimum absolute atomic E-state index is 0.176. The number of rotatable bonds is 10. The van der Waals surface area contributed by atoms with Gasteiger partial charge in [0, 0.05) is 38.9 Å². The maximum Gasteiger partial charge on any atom is 0.183 e. The average molecular weight is 411 g/mol. The van der Waals surface area contributed by atoms with E-state index in [1.807, 2.05) is 37.4 Å². The van der Waals surface area contributed by atoms with E-state index < -0.39 is 12.4 Å². The van der Waals surface area contributed by atoms with E-state index in [0.717, 1.165) is 5.56 Å². The molecule has 2 rings (SSSR count). The van der Waals surface area contributed by atoms with E-state index in [4.69, 9.17) is 19.3 Å². The number of hydrogen-bond acceptors (Lipinski definition) is 8. The Balaban J connectivity index is 0.000000749. The molecule has 0 aromatic heterocycles. The highest BCUT2D eigenvalue weighted by Crippen LogP contribution is 2.22. The summed E-state index contributed by atoms with van der Waals surface area (Å²) in [6, 6.07) is 9.50. The molecule has 164 valence electrons. The van der Waals surface area contributed by atoms with Crippen molar-refractivity contribution in [3.8, 4) is 0 Å². The lowest BCUT2D eigenvalue weighted by Crippen LogP contribution is -2.49. The zero-order valence-corrected chi connectivity index (χ0v) is 17.4. The van der Waals surface area contributed by atoms with E-state index in [2.05, 4.69) is 5.32 Å². The van der Waals surface area contributed by atoms with Crippen LogP contribution in [0.4, 0.5) is 0 Å². The summed E-state index contributed by atoms with van der Waals surface area (Å²) in [5, 5.41) is 21.1. The summed E-state index contributed by atoms with van der Waals surface area (Å²) >= 11 is 0. The van der Waals surface area contributed by atoms with Gasteiger partial charge in [-0.3, -0.25) is 4.79 Å². The fraction of sp³-hybridized carbons (Fsp3) is 0.571. The lowest BCUT2D eigenvalue weighted by molar-refractivity contribution is -0.172. The summed E-state index contributed by atoms with van der Waals surface area (Å²) in [6.45, 7) is 1.64. The number of aliphatic hydroxyl groups is 2. The first-order chi connectivity index (χ1) is 14.1. The predicted molar refractivity (Wildman–Crippen MR) is 110 cm³/mol. The van der Waals surface area contributed by atoms with Crippen LogP contribution in [0.2, 0.25) is 0 Å². The molecule has 0 radical (unpaired) electrons. The number of aliphatic hydroxyl groups excluding tert-OH is 2. The third-order valence-electron chi connectivity index (χ3n) is 4.46. The number of carbonyl (C=O) groups is 1. The number of benzene rings is 1. The second-order valence-corrected chi connectivity index (χ2v) is 6.61. The van der Waals surface area contributed by atoms with E-state index in [1.54, 1.807) is 25.3 Å². The molecule has 1 unspecified atom stereocenters. The van der Waals surface area contributed by atoms with Crippen LogP contribution in [0.1, 0.15) is 18.3 Å². The van der Waals surface area contributed by atoms with E-state index in [1.165, 1.54) is 6.08 Å². The molecule has 8 heteroatoms. The van der Waals surface area contributed by atoms with Gasteiger partial charge < -0.3 is 34.6 Å². The van der Waals surface area contributed by atoms with Crippen LogP contribution in [0.25, 0.3) is 0 Å². The van der Waals surface area contributed by atoms with Gasteiger partial charge in [-0.2, -0.15) is 0 Å². The van der Waals surface area contributed by atoms with Gasteiger partial charge in [0.25, 0.3) is 0 Å². The standard InChI is InChI=1S/C18H25NO5.C3H9NO/c1-19(9-6-10-20)16-13-23-15(11-17(16)21)12-24-18(22-2)14-7-4-3-5-8-14;1-4-2-3-5/h3-10,15-18,21H,11-13H2,1-2H3;4-5H,2-3H2,1H3/b9-6-;/t15-,16+,17-,18?;/m0./s1. The number of nitrogens with zero attached hydrogens (tertiary/aromatic N) is 1. The fourth-order valence-electron chi connectivity index (χ4n) is 2.84. The Labute approximate surface area is 173 Å². The molecule has 3 N–H and O–H groups in total. The van der Waals surface area contributed by atoms with Gasteiger partial charge in [-0.15, -0.1) is 0 Å². The summed E-state index contributed by atoms with van der Waals surface area (Å²) in [4.78, 5) is 12.2. The Bertz CT molecular complexity index is 570. The van der Waals surface area contributed by atoms with Gasteiger partial charge in [0.05, 0.1) is 38.1 Å². The SMILES string of the molecule is CNCCO.COC(OC[C@@H]1C[C@H](O)[C@H](N(C)/C=C\C=O)CO1)c1ccccc1. The van der Waals surface area contributed by atoms with E-state index in [9.17, 15) is 9.90 Å². The average Bonchev–Trinajstić information content (AvgIpc) is 2.74. The predicted octanol–water partition coefficient (Wildman–Crippen LogP) is 0.709. The van der Waals surface area contributed by atoms with Gasteiger partial charge in [0.2, 0.25) is 0 Å². The van der Waals surface area contributed by atoms with E-state index >= 15 is 0 Å². The first-order valence-corrected chi connectivity index (χ1v) is 9.65. The Morgan fingerprint density at radius 1 is 1.38 bits per heavy atom. The van der Waals surface area contributed by atoms with Gasteiger partial charge in [-0.1, -0.05) is 30.3 Å². The molecule has 0 saturated carbocycles. The smallest absolute Gasteiger partial charge is 0.183 e. The Morgan fingerprint density at radius 2 is 2.10 bits per heavy atom. The molecule has 1 aromatic carbocycles. The Kier molecular flexibility index (Phi) is 13.1. The quantitative estimate of drug-likeness (QED) is 0.295. The Hall–Kier alpha value is -1.81. The van der Waals surface area contributed by atoms with Crippen LogP contribution < -0.4 is 5.32 Å². The number of ether oxygens (including phenoxy) is 3. The van der Waals surface area contributed by atoms with Crippen LogP contribution in [0, 0.1) is 0 Å². The lowest BCUT2D eigenvalue weighted by Gasteiger charge is -2.38. The van der Waals surface area contributed by atoms with Crippen LogP contribution in [0.5, 0.6) is 0 Å². The zero-order chi connectivity index (χ0) is 21.5. The molecule has 0 spiro atoms. The third kappa shape index (κ3) is 9.49. The topological polar surface area (TPSA) is 100 Å². The van der Waals surface area contributed by atoms with Crippen molar-refractivity contribution in [2.24, 2.45) is 0 Å². The van der Waals surface area contributed by atoms with E-state index in [0.29, 0.717) is 32.5 Å². The maximum absolute atomic E-state index is 10.4. The summed E-state index contributed by atoms with van der Waals surface area (Å²) < 4.78 is 16.9. The molecule has 29 heavy (non-hydrogen) atoms. The first-order valence-electron chi connectivity index (χ1n) is 9.65. The lowest BCUT2D eigenvalue weighted by atomic mass is 10.0. The number of methoxy groups -OCH3 is 1. The molecule has 1 fully saturated rings. The van der Waals surface area contributed by atoms with Crippen molar-refractivity contribution in [3.63, 3.8) is 0 Å². The molecule has 0 amide bonds. The van der Waals surface area contributed by atoms with Gasteiger partial charge in [-0.25, -0.2) is 0 Å². The Morgan fingerprint density at radius 3 is 2.62 bits per heavy atom. The molecule has 8 nitrogen and oxygen atoms in total. The first kappa shape index (κ1) is 25.2. The highest BCUT2D eigenvalue weighted by atomic mass is 16.7. The minimum atomic E-state index is -0.550. The summed E-state index contributed by atoms with van der Waals surface area (Å²) in [6.07, 6.45) is 3.00. The van der Waals surface area contributed by atoms with Crippen LogP contribution in [0.3, 0.4) is 0 Å². The number of carbonyl (C=O) groups excluding carboxylic acids is 1. The molecule has 1 saturated heterocycles. The molecule has 1 heterocycles. The fourth-order valence-corrected chi connectivity index (χ4v) is 2.84. The van der Waals surface area contributed by atoms with E-state index in [-0.39, 0.29) is 18.8 Å². The molecule has 1 aliphatic rings. The largest absolute Gasteiger partial charge is 0.395 e. The maximum atomic E-state index is 10.4. The van der Waals surface area contributed by atoms with Crippen molar-refractivity contribution in [1.82, 2.24) is 10.2 Å². The van der Waals surface area contributed by atoms with Gasteiger partial charge in [0.15, 0.2) is 6.29 Å². The molecule has 4 atom stereocenters. The second kappa shape index (κ2) is 15.1. The van der Waals surface area contributed by atoms with Crippen molar-refractivity contribution in [2.75, 3.05) is 47.6 Å². The molecular weight excluding hydrogens is 376 g/mol. The normalized spacial score (nSPS) is 22.6. The number of hydrogen-bond donors (Lipinski definition) is 3. The van der Waals surface area contributed by atoms with Crippen LogP contribution >= 0.6 is 0 Å². The summed E-state index contributed by atoms with van der Waals surface area (Å²) in [5.41, 5.74) is 0.938.